The Morgan fingerprint density at radius 2 is 1.87 bits per heavy atom. The third-order valence-corrected chi connectivity index (χ3v) is 8.16. The first-order valence-corrected chi connectivity index (χ1v) is 13.3. The molecule has 8 nitrogen and oxygen atoms in total. The van der Waals surface area contributed by atoms with Gasteiger partial charge in [0.15, 0.2) is 0 Å². The minimum Gasteiger partial charge on any atom is -0.489 e. The summed E-state index contributed by atoms with van der Waals surface area (Å²) < 4.78 is 73.3. The molecule has 1 atom stereocenters. The van der Waals surface area contributed by atoms with Crippen molar-refractivity contribution in [1.82, 2.24) is 5.32 Å². The predicted molar refractivity (Wildman–Crippen MR) is 137 cm³/mol. The molecule has 3 aromatic rings. The maximum absolute atomic E-state index is 13.4. The number of hydrogen-bond donors (Lipinski definition) is 2. The van der Waals surface area contributed by atoms with E-state index >= 15 is 0 Å². The Balaban J connectivity index is 1.69. The van der Waals surface area contributed by atoms with Gasteiger partial charge in [0.25, 0.3) is 15.9 Å². The van der Waals surface area contributed by atoms with Gasteiger partial charge in [-0.15, -0.1) is 0 Å². The number of nitrogens with zero attached hydrogens (tertiary/aromatic N) is 1. The molecule has 0 saturated carbocycles. The van der Waals surface area contributed by atoms with Crippen LogP contribution >= 0.6 is 11.6 Å². The number of carboxylic acid groups (broad SMARTS) is 1. The Morgan fingerprint density at radius 3 is 2.54 bits per heavy atom. The van der Waals surface area contributed by atoms with Gasteiger partial charge in [0.2, 0.25) is 0 Å². The number of hydrogen-bond acceptors (Lipinski definition) is 5. The van der Waals surface area contributed by atoms with Crippen LogP contribution in [0.4, 0.5) is 18.9 Å². The normalized spacial score (nSPS) is 14.2. The van der Waals surface area contributed by atoms with Gasteiger partial charge < -0.3 is 15.2 Å². The van der Waals surface area contributed by atoms with Crippen LogP contribution in [-0.4, -0.2) is 38.6 Å². The number of nitrogens with one attached hydrogen (secondary N) is 1. The van der Waals surface area contributed by atoms with E-state index in [4.69, 9.17) is 16.3 Å². The number of fused-ring (bicyclic) bond motifs is 1. The number of aryl methyl sites for hydroxylation is 1. The van der Waals surface area contributed by atoms with E-state index in [1.807, 2.05) is 0 Å². The van der Waals surface area contributed by atoms with Gasteiger partial charge in [-0.3, -0.25) is 13.9 Å². The number of carboxylic acids is 1. The first-order chi connectivity index (χ1) is 18.3. The molecule has 2 N–H and O–H groups in total. The lowest BCUT2D eigenvalue weighted by Gasteiger charge is -2.31. The third-order valence-electron chi connectivity index (χ3n) is 6.00. The molecule has 0 unspecified atom stereocenters. The first-order valence-electron chi connectivity index (χ1n) is 11.5. The van der Waals surface area contributed by atoms with Crippen LogP contribution in [0.3, 0.4) is 0 Å². The van der Waals surface area contributed by atoms with Crippen molar-refractivity contribution in [2.45, 2.75) is 30.5 Å². The molecule has 1 amide bonds. The number of benzene rings is 3. The topological polar surface area (TPSA) is 113 Å². The maximum atomic E-state index is 13.4. The van der Waals surface area contributed by atoms with Gasteiger partial charge in [-0.1, -0.05) is 23.7 Å². The highest BCUT2D eigenvalue weighted by Crippen LogP contribution is 2.37. The second kappa shape index (κ2) is 10.8. The highest BCUT2D eigenvalue weighted by Gasteiger charge is 2.34. The van der Waals surface area contributed by atoms with Gasteiger partial charge in [0.05, 0.1) is 35.2 Å². The number of anilines is 1. The lowest BCUT2D eigenvalue weighted by molar-refractivity contribution is -0.138. The van der Waals surface area contributed by atoms with Gasteiger partial charge in [0.1, 0.15) is 12.4 Å². The summed E-state index contributed by atoms with van der Waals surface area (Å²) in [5, 5.41) is 11.6. The van der Waals surface area contributed by atoms with Crippen molar-refractivity contribution in [2.24, 2.45) is 0 Å². The van der Waals surface area contributed by atoms with Crippen molar-refractivity contribution in [2.75, 3.05) is 17.5 Å². The Bertz CT molecular complexity index is 1540. The van der Waals surface area contributed by atoms with Crippen molar-refractivity contribution in [3.8, 4) is 5.75 Å². The Hall–Kier alpha value is -3.77. The Labute approximate surface area is 227 Å². The molecule has 0 aliphatic carbocycles. The number of carbonyl (C=O) groups is 2. The zero-order valence-corrected chi connectivity index (χ0v) is 21.9. The number of rotatable bonds is 7. The summed E-state index contributed by atoms with van der Waals surface area (Å²) >= 11 is 6.09. The first kappa shape index (κ1) is 28.2. The highest BCUT2D eigenvalue weighted by molar-refractivity contribution is 7.92. The molecule has 0 radical (unpaired) electrons. The average molecular weight is 583 g/mol. The Morgan fingerprint density at radius 1 is 1.13 bits per heavy atom. The van der Waals surface area contributed by atoms with Crippen LogP contribution < -0.4 is 14.4 Å². The Kier molecular flexibility index (Phi) is 7.80. The van der Waals surface area contributed by atoms with Crippen LogP contribution in [-0.2, 0) is 21.0 Å². The molecule has 1 aliphatic rings. The summed E-state index contributed by atoms with van der Waals surface area (Å²) in [4.78, 5) is 24.7. The average Bonchev–Trinajstić information content (AvgIpc) is 2.87. The van der Waals surface area contributed by atoms with Gasteiger partial charge in [-0.25, -0.2) is 8.42 Å². The van der Waals surface area contributed by atoms with Crippen molar-refractivity contribution < 1.29 is 41.0 Å². The van der Waals surface area contributed by atoms with Crippen molar-refractivity contribution in [3.05, 3.63) is 87.9 Å². The summed E-state index contributed by atoms with van der Waals surface area (Å²) in [6.07, 6.45) is -5.48. The summed E-state index contributed by atoms with van der Waals surface area (Å²) in [6.45, 7) is 1.78. The van der Waals surface area contributed by atoms with E-state index in [2.05, 4.69) is 5.32 Å². The van der Waals surface area contributed by atoms with Crippen LogP contribution in [0.1, 0.15) is 39.5 Å². The fourth-order valence-corrected chi connectivity index (χ4v) is 5.93. The quantitative estimate of drug-likeness (QED) is 0.396. The second-order valence-electron chi connectivity index (χ2n) is 8.78. The van der Waals surface area contributed by atoms with Crippen molar-refractivity contribution in [3.63, 3.8) is 0 Å². The van der Waals surface area contributed by atoms with E-state index in [0.29, 0.717) is 6.07 Å². The van der Waals surface area contributed by atoms with E-state index in [0.717, 1.165) is 22.0 Å². The molecular formula is C26H22ClF3N2O6S. The monoisotopic (exact) mass is 582 g/mol. The molecule has 0 bridgehead atoms. The van der Waals surface area contributed by atoms with E-state index < -0.39 is 46.1 Å². The molecule has 1 heterocycles. The molecule has 0 aromatic heterocycles. The van der Waals surface area contributed by atoms with E-state index in [1.54, 1.807) is 19.1 Å². The SMILES string of the molecule is Cc1cccc(S(=O)(=O)N2CCOc3ccc(C(=O)N[C@@H](CC(=O)O)c4cc(C(F)(F)F)ccc4Cl)cc32)c1. The fourth-order valence-electron chi connectivity index (χ4n) is 4.13. The zero-order valence-electron chi connectivity index (χ0n) is 20.3. The summed E-state index contributed by atoms with van der Waals surface area (Å²) in [5.41, 5.74) is -0.540. The largest absolute Gasteiger partial charge is 0.489 e. The van der Waals surface area contributed by atoms with Gasteiger partial charge in [-0.05, 0) is 66.6 Å². The van der Waals surface area contributed by atoms with E-state index in [-0.39, 0.29) is 45.6 Å². The molecule has 4 rings (SSSR count). The van der Waals surface area contributed by atoms with Gasteiger partial charge in [0, 0.05) is 10.6 Å². The maximum Gasteiger partial charge on any atom is 0.416 e. The number of aliphatic carboxylic acids is 1. The number of alkyl halides is 3. The van der Waals surface area contributed by atoms with Gasteiger partial charge >= 0.3 is 12.1 Å². The smallest absolute Gasteiger partial charge is 0.416 e. The molecule has 39 heavy (non-hydrogen) atoms. The number of sulfonamides is 1. The van der Waals surface area contributed by atoms with Crippen molar-refractivity contribution >= 4 is 39.2 Å². The predicted octanol–water partition coefficient (Wildman–Crippen LogP) is 5.20. The summed E-state index contributed by atoms with van der Waals surface area (Å²) in [5.74, 6) is -2.03. The minimum absolute atomic E-state index is 0.0319. The summed E-state index contributed by atoms with van der Waals surface area (Å²) in [7, 11) is -4.03. The zero-order chi connectivity index (χ0) is 28.5. The van der Waals surface area contributed by atoms with Crippen LogP contribution in [0.15, 0.2) is 65.6 Å². The summed E-state index contributed by atoms with van der Waals surface area (Å²) in [6, 6.07) is 11.3. The molecule has 0 saturated heterocycles. The molecule has 3 aromatic carbocycles. The molecule has 13 heteroatoms. The molecule has 0 fully saturated rings. The lowest BCUT2D eigenvalue weighted by Crippen LogP contribution is -2.38. The van der Waals surface area contributed by atoms with E-state index in [9.17, 15) is 36.3 Å². The van der Waals surface area contributed by atoms with Gasteiger partial charge in [-0.2, -0.15) is 13.2 Å². The second-order valence-corrected chi connectivity index (χ2v) is 11.1. The lowest BCUT2D eigenvalue weighted by atomic mass is 10.00. The minimum atomic E-state index is -4.72. The molecule has 0 spiro atoms. The standard InChI is InChI=1S/C26H22ClF3N2O6S/c1-15-3-2-4-18(11-15)39(36,37)32-9-10-38-23-8-5-16(12-22(23)32)25(35)31-21(14-24(33)34)19-13-17(26(28,29)30)6-7-20(19)27/h2-8,11-13,21H,9-10,14H2,1H3,(H,31,35)(H,33,34)/t21-/m0/s1. The molecular weight excluding hydrogens is 561 g/mol. The van der Waals surface area contributed by atoms with Crippen LogP contribution in [0, 0.1) is 6.92 Å². The van der Waals surface area contributed by atoms with Crippen molar-refractivity contribution in [1.29, 1.82) is 0 Å². The fraction of sp³-hybridized carbons (Fsp3) is 0.231. The van der Waals surface area contributed by atoms with Crippen LogP contribution in [0.5, 0.6) is 5.75 Å². The molecule has 206 valence electrons. The molecule has 1 aliphatic heterocycles. The highest BCUT2D eigenvalue weighted by atomic mass is 35.5. The number of halogens is 4. The van der Waals surface area contributed by atoms with E-state index in [1.165, 1.54) is 30.3 Å². The number of amides is 1. The number of ether oxygens (including phenoxy) is 1. The third kappa shape index (κ3) is 6.12. The number of carbonyl (C=O) groups excluding carboxylic acids is 1. The van der Waals surface area contributed by atoms with Crippen LogP contribution in [0.25, 0.3) is 0 Å². The van der Waals surface area contributed by atoms with Crippen LogP contribution in [0.2, 0.25) is 5.02 Å².